The van der Waals surface area contributed by atoms with E-state index in [4.69, 9.17) is 0 Å². The van der Waals surface area contributed by atoms with Gasteiger partial charge in [-0.25, -0.2) is 12.8 Å². The van der Waals surface area contributed by atoms with E-state index in [9.17, 15) is 17.6 Å². The largest absolute Gasteiger partial charge is 0.274 e. The average molecular weight is 348 g/mol. The van der Waals surface area contributed by atoms with Crippen molar-refractivity contribution in [2.75, 3.05) is 0 Å². The minimum Gasteiger partial charge on any atom is -0.274 e. The SMILES string of the molecule is Cc1cc(-c2ccccc2)cc(C(=O)NNS(=O)(=O)C2CC2)c1F. The van der Waals surface area contributed by atoms with Gasteiger partial charge >= 0.3 is 0 Å². The number of hydrogen-bond donors (Lipinski definition) is 2. The summed E-state index contributed by atoms with van der Waals surface area (Å²) >= 11 is 0. The Labute approximate surface area is 139 Å². The van der Waals surface area contributed by atoms with Crippen molar-refractivity contribution in [1.82, 2.24) is 10.3 Å². The molecule has 0 bridgehead atoms. The second-order valence-corrected chi connectivity index (χ2v) is 7.78. The van der Waals surface area contributed by atoms with E-state index in [1.54, 1.807) is 13.0 Å². The number of hydrazine groups is 1. The number of carbonyl (C=O) groups excluding carboxylic acids is 1. The van der Waals surface area contributed by atoms with Crippen LogP contribution in [0.3, 0.4) is 0 Å². The summed E-state index contributed by atoms with van der Waals surface area (Å²) in [4.78, 5) is 14.2. The Kier molecular flexibility index (Phi) is 4.38. The third-order valence-electron chi connectivity index (χ3n) is 3.88. The molecule has 1 saturated carbocycles. The molecule has 24 heavy (non-hydrogen) atoms. The van der Waals surface area contributed by atoms with Crippen LogP contribution in [0, 0.1) is 12.7 Å². The molecule has 2 aromatic carbocycles. The Morgan fingerprint density at radius 1 is 1.12 bits per heavy atom. The zero-order valence-electron chi connectivity index (χ0n) is 13.0. The maximum Gasteiger partial charge on any atom is 0.269 e. The maximum absolute atomic E-state index is 14.3. The molecule has 0 heterocycles. The predicted molar refractivity (Wildman–Crippen MR) is 89.1 cm³/mol. The number of sulfonamides is 1. The summed E-state index contributed by atoms with van der Waals surface area (Å²) in [5, 5.41) is -0.472. The fraction of sp³-hybridized carbons (Fsp3) is 0.235. The second-order valence-electron chi connectivity index (χ2n) is 5.82. The number of amides is 1. The van der Waals surface area contributed by atoms with Crippen molar-refractivity contribution in [3.63, 3.8) is 0 Å². The first-order chi connectivity index (χ1) is 11.4. The zero-order chi connectivity index (χ0) is 17.3. The van der Waals surface area contributed by atoms with Crippen LogP contribution in [0.1, 0.15) is 28.8 Å². The molecule has 2 aromatic rings. The monoisotopic (exact) mass is 348 g/mol. The molecule has 7 heteroatoms. The van der Waals surface area contributed by atoms with Crippen molar-refractivity contribution in [3.05, 3.63) is 59.4 Å². The molecule has 1 aliphatic rings. The molecule has 3 rings (SSSR count). The Morgan fingerprint density at radius 3 is 2.42 bits per heavy atom. The summed E-state index contributed by atoms with van der Waals surface area (Å²) < 4.78 is 37.8. The quantitative estimate of drug-likeness (QED) is 0.816. The topological polar surface area (TPSA) is 75.3 Å². The standard InChI is InChI=1S/C17H17FN2O3S/c1-11-9-13(12-5-3-2-4-6-12)10-15(16(11)18)17(21)19-20-24(22,23)14-7-8-14/h2-6,9-10,14,20H,7-8H2,1H3,(H,19,21). The van der Waals surface area contributed by atoms with E-state index in [0.717, 1.165) is 5.56 Å². The van der Waals surface area contributed by atoms with Crippen molar-refractivity contribution in [2.45, 2.75) is 25.0 Å². The first-order valence-electron chi connectivity index (χ1n) is 7.55. The molecule has 0 aromatic heterocycles. The van der Waals surface area contributed by atoms with E-state index in [1.165, 1.54) is 6.07 Å². The smallest absolute Gasteiger partial charge is 0.269 e. The molecule has 1 fully saturated rings. The number of nitrogens with one attached hydrogen (secondary N) is 2. The molecule has 0 radical (unpaired) electrons. The number of aryl methyl sites for hydroxylation is 1. The number of rotatable bonds is 5. The summed E-state index contributed by atoms with van der Waals surface area (Å²) in [5.74, 6) is -1.49. The fourth-order valence-corrected chi connectivity index (χ4v) is 3.54. The van der Waals surface area contributed by atoms with Gasteiger partial charge in [0.1, 0.15) is 5.82 Å². The summed E-state index contributed by atoms with van der Waals surface area (Å²) in [6.45, 7) is 1.56. The third-order valence-corrected chi connectivity index (χ3v) is 5.61. The first-order valence-corrected chi connectivity index (χ1v) is 9.09. The van der Waals surface area contributed by atoms with Gasteiger partial charge in [-0.05, 0) is 48.6 Å². The summed E-state index contributed by atoms with van der Waals surface area (Å²) in [6, 6.07) is 12.3. The van der Waals surface area contributed by atoms with Gasteiger partial charge in [-0.1, -0.05) is 30.3 Å². The van der Waals surface area contributed by atoms with Crippen LogP contribution in [0.4, 0.5) is 4.39 Å². The maximum atomic E-state index is 14.3. The van der Waals surface area contributed by atoms with Gasteiger partial charge in [-0.3, -0.25) is 10.2 Å². The molecule has 0 saturated heterocycles. The van der Waals surface area contributed by atoms with E-state index >= 15 is 0 Å². The van der Waals surface area contributed by atoms with Gasteiger partial charge in [0.25, 0.3) is 5.91 Å². The van der Waals surface area contributed by atoms with Crippen molar-refractivity contribution in [1.29, 1.82) is 0 Å². The zero-order valence-corrected chi connectivity index (χ0v) is 13.9. The minimum absolute atomic E-state index is 0.202. The average Bonchev–Trinajstić information content (AvgIpc) is 3.41. The van der Waals surface area contributed by atoms with Crippen LogP contribution in [0.25, 0.3) is 11.1 Å². The van der Waals surface area contributed by atoms with Crippen LogP contribution in [0.15, 0.2) is 42.5 Å². The van der Waals surface area contributed by atoms with E-state index < -0.39 is 27.0 Å². The highest BCUT2D eigenvalue weighted by atomic mass is 32.2. The molecule has 0 spiro atoms. The lowest BCUT2D eigenvalue weighted by Crippen LogP contribution is -2.43. The van der Waals surface area contributed by atoms with Gasteiger partial charge in [0, 0.05) is 0 Å². The number of hydrogen-bond acceptors (Lipinski definition) is 3. The normalized spacial score (nSPS) is 14.4. The van der Waals surface area contributed by atoms with Gasteiger partial charge in [-0.15, -0.1) is 4.83 Å². The molecule has 1 amide bonds. The second kappa shape index (κ2) is 6.33. The summed E-state index contributed by atoms with van der Waals surface area (Å²) in [6.07, 6.45) is 1.14. The van der Waals surface area contributed by atoms with Gasteiger partial charge in [0.2, 0.25) is 10.0 Å². The molecular weight excluding hydrogens is 331 g/mol. The lowest BCUT2D eigenvalue weighted by Gasteiger charge is -2.11. The van der Waals surface area contributed by atoms with Crippen molar-refractivity contribution < 1.29 is 17.6 Å². The van der Waals surface area contributed by atoms with Crippen LogP contribution >= 0.6 is 0 Å². The van der Waals surface area contributed by atoms with E-state index in [1.807, 2.05) is 35.2 Å². The Morgan fingerprint density at radius 2 is 1.79 bits per heavy atom. The number of benzene rings is 2. The van der Waals surface area contributed by atoms with Crippen LogP contribution < -0.4 is 10.3 Å². The molecule has 0 aliphatic heterocycles. The predicted octanol–water partition coefficient (Wildman–Crippen LogP) is 2.53. The third kappa shape index (κ3) is 3.47. The molecular formula is C17H17FN2O3S. The highest BCUT2D eigenvalue weighted by molar-refractivity contribution is 7.90. The molecule has 126 valence electrons. The van der Waals surface area contributed by atoms with Crippen LogP contribution in [0.5, 0.6) is 0 Å². The Hall–Kier alpha value is -2.25. The van der Waals surface area contributed by atoms with E-state index in [-0.39, 0.29) is 5.56 Å². The minimum atomic E-state index is -3.58. The summed E-state index contributed by atoms with van der Waals surface area (Å²) in [7, 11) is -3.58. The van der Waals surface area contributed by atoms with Crippen LogP contribution in [-0.2, 0) is 10.0 Å². The van der Waals surface area contributed by atoms with Crippen molar-refractivity contribution in [2.24, 2.45) is 0 Å². The molecule has 0 unspecified atom stereocenters. The Bertz CT molecular complexity index is 878. The van der Waals surface area contributed by atoms with Gasteiger partial charge in [-0.2, -0.15) is 0 Å². The molecule has 5 nitrogen and oxygen atoms in total. The molecule has 0 atom stereocenters. The van der Waals surface area contributed by atoms with E-state index in [0.29, 0.717) is 24.0 Å². The molecule has 1 aliphatic carbocycles. The van der Waals surface area contributed by atoms with E-state index in [2.05, 4.69) is 5.43 Å². The Balaban J connectivity index is 1.86. The fourth-order valence-electron chi connectivity index (χ4n) is 2.38. The van der Waals surface area contributed by atoms with Crippen LogP contribution in [-0.4, -0.2) is 19.6 Å². The van der Waals surface area contributed by atoms with Crippen molar-refractivity contribution in [3.8, 4) is 11.1 Å². The van der Waals surface area contributed by atoms with Crippen LogP contribution in [0.2, 0.25) is 0 Å². The number of carbonyl (C=O) groups is 1. The van der Waals surface area contributed by atoms with Gasteiger partial charge in [0.05, 0.1) is 10.8 Å². The highest BCUT2D eigenvalue weighted by Gasteiger charge is 2.36. The lowest BCUT2D eigenvalue weighted by molar-refractivity contribution is 0.0941. The van der Waals surface area contributed by atoms with Gasteiger partial charge < -0.3 is 0 Å². The number of halogens is 1. The molecule has 2 N–H and O–H groups in total. The lowest BCUT2D eigenvalue weighted by atomic mass is 9.99. The summed E-state index contributed by atoms with van der Waals surface area (Å²) in [5.41, 5.74) is 3.73. The first kappa shape index (κ1) is 16.6. The highest BCUT2D eigenvalue weighted by Crippen LogP contribution is 2.27. The van der Waals surface area contributed by atoms with Gasteiger partial charge in [0.15, 0.2) is 0 Å². The van der Waals surface area contributed by atoms with Crippen molar-refractivity contribution >= 4 is 15.9 Å².